The van der Waals surface area contributed by atoms with Gasteiger partial charge in [-0.25, -0.2) is 9.89 Å². The summed E-state index contributed by atoms with van der Waals surface area (Å²) in [5.41, 5.74) is 5.81. The van der Waals surface area contributed by atoms with Gasteiger partial charge in [0, 0.05) is 0 Å². The first-order chi connectivity index (χ1) is 11.5. The smallest absolute Gasteiger partial charge is 0.359 e. The average Bonchev–Trinajstić information content (AvgIpc) is 3.01. The lowest BCUT2D eigenvalue weighted by molar-refractivity contribution is 0.0687. The van der Waals surface area contributed by atoms with E-state index in [2.05, 4.69) is 48.3 Å². The Morgan fingerprint density at radius 3 is 2.25 bits per heavy atom. The first-order valence-corrected chi connectivity index (χ1v) is 7.46. The van der Waals surface area contributed by atoms with Gasteiger partial charge in [-0.1, -0.05) is 34.6 Å². The van der Waals surface area contributed by atoms with Crippen LogP contribution in [0.4, 0.5) is 0 Å². The number of ether oxygens (including phenoxy) is 1. The Morgan fingerprint density at radius 2 is 1.67 bits per heavy atom. The van der Waals surface area contributed by atoms with Crippen molar-refractivity contribution in [2.45, 2.75) is 20.8 Å². The van der Waals surface area contributed by atoms with Crippen molar-refractivity contribution in [1.29, 1.82) is 0 Å². The van der Waals surface area contributed by atoms with Crippen LogP contribution in [0.25, 0.3) is 11.1 Å². The second kappa shape index (κ2) is 6.16. The van der Waals surface area contributed by atoms with E-state index in [-0.39, 0.29) is 11.6 Å². The first-order valence-electron chi connectivity index (χ1n) is 7.46. The van der Waals surface area contributed by atoms with Gasteiger partial charge < -0.3 is 9.84 Å². The van der Waals surface area contributed by atoms with Crippen LogP contribution in [0.2, 0.25) is 0 Å². The minimum atomic E-state index is -1.17. The molecule has 0 radical (unpaired) electrons. The number of hydrogen-bond acceptors (Lipinski definition) is 4. The third-order valence-corrected chi connectivity index (χ3v) is 4.06. The highest BCUT2D eigenvalue weighted by atomic mass is 16.5. The predicted octanol–water partition coefficient (Wildman–Crippen LogP) is 3.89. The Labute approximate surface area is 139 Å². The molecule has 0 unspecified atom stereocenters. The lowest BCUT2D eigenvalue weighted by Gasteiger charge is -2.10. The van der Waals surface area contributed by atoms with E-state index in [1.54, 1.807) is 12.1 Å². The second-order valence-electron chi connectivity index (χ2n) is 5.66. The minimum absolute atomic E-state index is 0.0581. The van der Waals surface area contributed by atoms with Crippen molar-refractivity contribution in [3.63, 3.8) is 0 Å². The Balaban J connectivity index is 1.86. The van der Waals surface area contributed by atoms with Gasteiger partial charge in [0.05, 0.1) is 0 Å². The molecule has 6 heteroatoms. The summed E-state index contributed by atoms with van der Waals surface area (Å²) in [6.07, 6.45) is 0. The van der Waals surface area contributed by atoms with E-state index >= 15 is 0 Å². The fourth-order valence-corrected chi connectivity index (χ4v) is 2.46. The Kier molecular flexibility index (Phi) is 4.04. The van der Waals surface area contributed by atoms with E-state index in [1.807, 2.05) is 12.1 Å². The van der Waals surface area contributed by atoms with Crippen molar-refractivity contribution in [3.05, 3.63) is 58.8 Å². The van der Waals surface area contributed by atoms with Gasteiger partial charge in [0.25, 0.3) is 5.88 Å². The standard InChI is InChI=1S/C18H17N3O3/c1-10-8-14(9-11(2)12(10)3)13-4-6-15(7-5-13)24-17-16(18(22)23)19-21-20-17/h4-9H,1-3H3,(H,22,23)(H,19,20,21). The van der Waals surface area contributed by atoms with Crippen molar-refractivity contribution in [2.24, 2.45) is 0 Å². The predicted molar refractivity (Wildman–Crippen MR) is 89.5 cm³/mol. The Morgan fingerprint density at radius 1 is 1.04 bits per heavy atom. The van der Waals surface area contributed by atoms with Crippen molar-refractivity contribution in [1.82, 2.24) is 15.4 Å². The van der Waals surface area contributed by atoms with Crippen LogP contribution in [0.5, 0.6) is 11.6 Å². The van der Waals surface area contributed by atoms with Gasteiger partial charge in [0.15, 0.2) is 0 Å². The maximum Gasteiger partial charge on any atom is 0.359 e. The molecule has 24 heavy (non-hydrogen) atoms. The summed E-state index contributed by atoms with van der Waals surface area (Å²) in [6, 6.07) is 11.7. The van der Waals surface area contributed by atoms with Gasteiger partial charge in [-0.15, -0.1) is 0 Å². The fraction of sp³-hybridized carbons (Fsp3) is 0.167. The summed E-state index contributed by atoms with van der Waals surface area (Å²) in [5.74, 6) is -0.731. The number of carboxylic acids is 1. The molecule has 0 amide bonds. The number of rotatable bonds is 4. The molecule has 6 nitrogen and oxygen atoms in total. The third-order valence-electron chi connectivity index (χ3n) is 4.06. The van der Waals surface area contributed by atoms with Crippen LogP contribution in [0.3, 0.4) is 0 Å². The van der Waals surface area contributed by atoms with Crippen molar-refractivity contribution in [2.75, 3.05) is 0 Å². The van der Waals surface area contributed by atoms with E-state index in [4.69, 9.17) is 9.84 Å². The maximum atomic E-state index is 11.0. The lowest BCUT2D eigenvalue weighted by atomic mass is 9.96. The van der Waals surface area contributed by atoms with Gasteiger partial charge in [0.2, 0.25) is 5.69 Å². The first kappa shape index (κ1) is 15.7. The van der Waals surface area contributed by atoms with Crippen LogP contribution in [0.15, 0.2) is 36.4 Å². The molecule has 0 saturated heterocycles. The van der Waals surface area contributed by atoms with E-state index in [0.29, 0.717) is 5.75 Å². The van der Waals surface area contributed by atoms with Gasteiger partial charge in [-0.2, -0.15) is 0 Å². The molecule has 0 saturated carbocycles. The van der Waals surface area contributed by atoms with E-state index in [1.165, 1.54) is 16.7 Å². The Bertz CT molecular complexity index is 875. The van der Waals surface area contributed by atoms with E-state index in [0.717, 1.165) is 11.1 Å². The summed E-state index contributed by atoms with van der Waals surface area (Å²) in [7, 11) is 0. The zero-order chi connectivity index (χ0) is 17.3. The molecule has 2 aromatic carbocycles. The quantitative estimate of drug-likeness (QED) is 0.760. The molecule has 0 aliphatic rings. The largest absolute Gasteiger partial charge is 0.476 e. The van der Waals surface area contributed by atoms with Crippen molar-refractivity contribution in [3.8, 4) is 22.8 Å². The topological polar surface area (TPSA) is 88.1 Å². The van der Waals surface area contributed by atoms with Crippen LogP contribution in [0, 0.1) is 20.8 Å². The van der Waals surface area contributed by atoms with Crippen LogP contribution < -0.4 is 4.74 Å². The van der Waals surface area contributed by atoms with Crippen LogP contribution in [-0.2, 0) is 0 Å². The Hall–Kier alpha value is -3.15. The maximum absolute atomic E-state index is 11.0. The van der Waals surface area contributed by atoms with Gasteiger partial charge in [-0.3, -0.25) is 0 Å². The van der Waals surface area contributed by atoms with Gasteiger partial charge in [0.1, 0.15) is 5.75 Å². The monoisotopic (exact) mass is 323 g/mol. The summed E-state index contributed by atoms with van der Waals surface area (Å²) < 4.78 is 5.48. The van der Waals surface area contributed by atoms with Crippen LogP contribution in [-0.4, -0.2) is 26.5 Å². The van der Waals surface area contributed by atoms with Gasteiger partial charge >= 0.3 is 5.97 Å². The lowest BCUT2D eigenvalue weighted by Crippen LogP contribution is -1.99. The second-order valence-corrected chi connectivity index (χ2v) is 5.66. The highest BCUT2D eigenvalue weighted by Gasteiger charge is 2.16. The highest BCUT2D eigenvalue weighted by molar-refractivity contribution is 5.87. The zero-order valence-corrected chi connectivity index (χ0v) is 13.6. The van der Waals surface area contributed by atoms with Crippen LogP contribution in [0.1, 0.15) is 27.2 Å². The number of aryl methyl sites for hydroxylation is 2. The summed E-state index contributed by atoms with van der Waals surface area (Å²) in [4.78, 5) is 11.0. The number of carboxylic acid groups (broad SMARTS) is 1. The molecule has 0 fully saturated rings. The summed E-state index contributed by atoms with van der Waals surface area (Å²) in [5, 5.41) is 18.4. The molecule has 0 bridgehead atoms. The molecule has 2 N–H and O–H groups in total. The number of benzene rings is 2. The molecule has 0 aliphatic carbocycles. The number of nitrogens with zero attached hydrogens (tertiary/aromatic N) is 2. The summed E-state index contributed by atoms with van der Waals surface area (Å²) >= 11 is 0. The summed E-state index contributed by atoms with van der Waals surface area (Å²) in [6.45, 7) is 6.31. The molecule has 1 heterocycles. The number of carbonyl (C=O) groups is 1. The van der Waals surface area contributed by atoms with E-state index in [9.17, 15) is 4.79 Å². The van der Waals surface area contributed by atoms with Gasteiger partial charge in [-0.05, 0) is 60.7 Å². The molecule has 3 aromatic rings. The molecular weight excluding hydrogens is 306 g/mol. The third kappa shape index (κ3) is 2.99. The van der Waals surface area contributed by atoms with Crippen molar-refractivity contribution < 1.29 is 14.6 Å². The normalized spacial score (nSPS) is 10.6. The van der Waals surface area contributed by atoms with Crippen molar-refractivity contribution >= 4 is 5.97 Å². The number of aromatic amines is 1. The number of H-pyrrole nitrogens is 1. The minimum Gasteiger partial charge on any atom is -0.476 e. The fourth-order valence-electron chi connectivity index (χ4n) is 2.46. The number of hydrogen-bond donors (Lipinski definition) is 2. The molecule has 1 aromatic heterocycles. The molecule has 0 spiro atoms. The molecule has 122 valence electrons. The zero-order valence-electron chi connectivity index (χ0n) is 13.6. The molecule has 0 aliphatic heterocycles. The number of aromatic nitrogens is 3. The SMILES string of the molecule is Cc1cc(-c2ccc(Oc3nn[nH]c3C(=O)O)cc2)cc(C)c1C. The van der Waals surface area contributed by atoms with E-state index < -0.39 is 5.97 Å². The molecule has 0 atom stereocenters. The average molecular weight is 323 g/mol. The number of nitrogens with one attached hydrogen (secondary N) is 1. The highest BCUT2D eigenvalue weighted by Crippen LogP contribution is 2.28. The van der Waals surface area contributed by atoms with Crippen LogP contribution >= 0.6 is 0 Å². The molecule has 3 rings (SSSR count). The number of aromatic carboxylic acids is 1. The molecular formula is C18H17N3O3.